The standard InChI is InChI=1S/C8H8N2O4S/c11-8(12)5-9-15-7-4-2-1-3-6(7)10(13)14/h1-4,9H,5H2,(H,11,12)/p-1. The predicted molar refractivity (Wildman–Crippen MR) is 52.0 cm³/mol. The molecule has 1 aromatic rings. The number of nitro benzene ring substituents is 1. The van der Waals surface area contributed by atoms with Gasteiger partial charge in [0.2, 0.25) is 0 Å². The van der Waals surface area contributed by atoms with E-state index in [0.29, 0.717) is 4.90 Å². The molecule has 0 atom stereocenters. The lowest BCUT2D eigenvalue weighted by atomic mass is 10.3. The van der Waals surface area contributed by atoms with Gasteiger partial charge in [-0.05, 0) is 18.0 Å². The van der Waals surface area contributed by atoms with E-state index in [9.17, 15) is 20.0 Å². The summed E-state index contributed by atoms with van der Waals surface area (Å²) in [7, 11) is 0. The highest BCUT2D eigenvalue weighted by Crippen LogP contribution is 2.25. The molecule has 1 aromatic carbocycles. The van der Waals surface area contributed by atoms with Gasteiger partial charge in [-0.3, -0.25) is 14.8 Å². The smallest absolute Gasteiger partial charge is 0.284 e. The molecule has 0 fully saturated rings. The monoisotopic (exact) mass is 227 g/mol. The van der Waals surface area contributed by atoms with Crippen LogP contribution in [0.15, 0.2) is 29.2 Å². The van der Waals surface area contributed by atoms with Gasteiger partial charge in [0.15, 0.2) is 0 Å². The van der Waals surface area contributed by atoms with E-state index in [1.165, 1.54) is 12.1 Å². The maximum Gasteiger partial charge on any atom is 0.284 e. The van der Waals surface area contributed by atoms with E-state index in [-0.39, 0.29) is 12.2 Å². The van der Waals surface area contributed by atoms with Crippen molar-refractivity contribution in [2.75, 3.05) is 6.54 Å². The van der Waals surface area contributed by atoms with Gasteiger partial charge in [0.25, 0.3) is 5.69 Å². The zero-order chi connectivity index (χ0) is 11.3. The van der Waals surface area contributed by atoms with Crippen LogP contribution in [-0.4, -0.2) is 17.4 Å². The number of nitrogens with zero attached hydrogens (tertiary/aromatic N) is 1. The molecule has 0 unspecified atom stereocenters. The van der Waals surface area contributed by atoms with E-state index in [4.69, 9.17) is 0 Å². The molecule has 0 aliphatic heterocycles. The third-order valence-electron chi connectivity index (χ3n) is 1.46. The molecule has 1 N–H and O–H groups in total. The highest BCUT2D eigenvalue weighted by molar-refractivity contribution is 7.97. The first-order chi connectivity index (χ1) is 7.11. The number of benzene rings is 1. The van der Waals surface area contributed by atoms with Crippen LogP contribution in [0.5, 0.6) is 0 Å². The fourth-order valence-electron chi connectivity index (χ4n) is 0.867. The molecule has 7 heteroatoms. The number of carbonyl (C=O) groups excluding carboxylic acids is 1. The van der Waals surface area contributed by atoms with Gasteiger partial charge in [-0.1, -0.05) is 12.1 Å². The van der Waals surface area contributed by atoms with Crippen molar-refractivity contribution in [1.82, 2.24) is 4.72 Å². The molecule has 0 saturated heterocycles. The van der Waals surface area contributed by atoms with Crippen molar-refractivity contribution in [3.8, 4) is 0 Å². The van der Waals surface area contributed by atoms with Crippen LogP contribution in [0.3, 0.4) is 0 Å². The van der Waals surface area contributed by atoms with Gasteiger partial charge in [0.05, 0.1) is 10.9 Å². The number of para-hydroxylation sites is 1. The number of carbonyl (C=O) groups is 1. The van der Waals surface area contributed by atoms with Crippen LogP contribution in [0, 0.1) is 10.1 Å². The number of carboxylic acid groups (broad SMARTS) is 1. The maximum absolute atomic E-state index is 10.6. The molecular formula is C8H7N2O4S-. The van der Waals surface area contributed by atoms with Crippen molar-refractivity contribution in [3.63, 3.8) is 0 Å². The minimum Gasteiger partial charge on any atom is -0.549 e. The fourth-order valence-corrected chi connectivity index (χ4v) is 1.61. The number of rotatable bonds is 5. The lowest BCUT2D eigenvalue weighted by Crippen LogP contribution is -2.31. The van der Waals surface area contributed by atoms with Crippen LogP contribution in [-0.2, 0) is 4.79 Å². The predicted octanol–water partition coefficient (Wildman–Crippen LogP) is -0.0586. The summed E-state index contributed by atoms with van der Waals surface area (Å²) >= 11 is 0.891. The average Bonchev–Trinajstić information content (AvgIpc) is 2.17. The van der Waals surface area contributed by atoms with Crippen molar-refractivity contribution in [3.05, 3.63) is 34.4 Å². The Bertz CT molecular complexity index is 383. The second-order valence-electron chi connectivity index (χ2n) is 2.52. The molecule has 0 aromatic heterocycles. The van der Waals surface area contributed by atoms with Crippen LogP contribution in [0.1, 0.15) is 0 Å². The van der Waals surface area contributed by atoms with Crippen LogP contribution in [0.4, 0.5) is 5.69 Å². The highest BCUT2D eigenvalue weighted by atomic mass is 32.2. The molecular weight excluding hydrogens is 220 g/mol. The average molecular weight is 227 g/mol. The Balaban J connectivity index is 2.67. The summed E-state index contributed by atoms with van der Waals surface area (Å²) in [6.45, 7) is -0.364. The zero-order valence-electron chi connectivity index (χ0n) is 7.50. The topological polar surface area (TPSA) is 95.3 Å². The molecule has 0 bridgehead atoms. The first-order valence-corrected chi connectivity index (χ1v) is 4.76. The first kappa shape index (κ1) is 11.5. The molecule has 0 heterocycles. The number of nitro groups is 1. The van der Waals surface area contributed by atoms with Gasteiger partial charge in [0, 0.05) is 12.6 Å². The number of hydrogen-bond donors (Lipinski definition) is 1. The van der Waals surface area contributed by atoms with Crippen LogP contribution in [0.2, 0.25) is 0 Å². The van der Waals surface area contributed by atoms with E-state index in [1.807, 2.05) is 0 Å². The van der Waals surface area contributed by atoms with E-state index in [1.54, 1.807) is 12.1 Å². The Hall–Kier alpha value is -1.60. The minimum atomic E-state index is -1.26. The molecule has 0 amide bonds. The zero-order valence-corrected chi connectivity index (χ0v) is 8.32. The van der Waals surface area contributed by atoms with Crippen molar-refractivity contribution >= 4 is 23.6 Å². The molecule has 0 radical (unpaired) electrons. The number of nitrogens with one attached hydrogen (secondary N) is 1. The summed E-state index contributed by atoms with van der Waals surface area (Å²) < 4.78 is 2.45. The largest absolute Gasteiger partial charge is 0.549 e. The third kappa shape index (κ3) is 3.56. The van der Waals surface area contributed by atoms with Gasteiger partial charge in [0.1, 0.15) is 4.90 Å². The number of aliphatic carboxylic acids is 1. The molecule has 0 aliphatic rings. The Morgan fingerprint density at radius 1 is 1.47 bits per heavy atom. The van der Waals surface area contributed by atoms with Crippen molar-refractivity contribution in [1.29, 1.82) is 0 Å². The van der Waals surface area contributed by atoms with Gasteiger partial charge in [-0.15, -0.1) is 0 Å². The minimum absolute atomic E-state index is 0.0617. The number of hydrogen-bond acceptors (Lipinski definition) is 6. The van der Waals surface area contributed by atoms with Gasteiger partial charge in [-0.2, -0.15) is 0 Å². The molecule has 1 rings (SSSR count). The summed E-state index contributed by atoms with van der Waals surface area (Å²) in [5.74, 6) is -1.26. The Morgan fingerprint density at radius 2 is 2.13 bits per heavy atom. The van der Waals surface area contributed by atoms with Crippen molar-refractivity contribution in [2.24, 2.45) is 0 Å². The van der Waals surface area contributed by atoms with Gasteiger partial charge in [-0.25, -0.2) is 0 Å². The lowest BCUT2D eigenvalue weighted by Gasteiger charge is -2.04. The lowest BCUT2D eigenvalue weighted by molar-refractivity contribution is -0.387. The molecule has 0 aliphatic carbocycles. The van der Waals surface area contributed by atoms with Crippen LogP contribution >= 0.6 is 11.9 Å². The van der Waals surface area contributed by atoms with E-state index in [0.717, 1.165) is 11.9 Å². The molecule has 80 valence electrons. The van der Waals surface area contributed by atoms with Crippen LogP contribution in [0.25, 0.3) is 0 Å². The summed E-state index contributed by atoms with van der Waals surface area (Å²) in [6.07, 6.45) is 0. The van der Waals surface area contributed by atoms with Crippen LogP contribution < -0.4 is 9.83 Å². The third-order valence-corrected chi connectivity index (χ3v) is 2.31. The first-order valence-electron chi connectivity index (χ1n) is 3.94. The normalized spacial score (nSPS) is 9.87. The van der Waals surface area contributed by atoms with Gasteiger partial charge >= 0.3 is 0 Å². The van der Waals surface area contributed by atoms with E-state index in [2.05, 4.69) is 4.72 Å². The fraction of sp³-hybridized carbons (Fsp3) is 0.125. The quantitative estimate of drug-likeness (QED) is 0.430. The summed E-state index contributed by atoms with van der Waals surface area (Å²) in [6, 6.07) is 6.06. The molecule has 0 spiro atoms. The Morgan fingerprint density at radius 3 is 2.73 bits per heavy atom. The molecule has 15 heavy (non-hydrogen) atoms. The molecule has 6 nitrogen and oxygen atoms in total. The maximum atomic E-state index is 10.6. The summed E-state index contributed by atoms with van der Waals surface area (Å²) in [5, 5.41) is 20.6. The summed E-state index contributed by atoms with van der Waals surface area (Å²) in [5.41, 5.74) is -0.0617. The molecule has 0 saturated carbocycles. The Kier molecular flexibility index (Phi) is 4.07. The summed E-state index contributed by atoms with van der Waals surface area (Å²) in [4.78, 5) is 20.5. The number of carboxylic acids is 1. The highest BCUT2D eigenvalue weighted by Gasteiger charge is 2.12. The SMILES string of the molecule is O=C([O-])CNSc1ccccc1[N+](=O)[O-]. The van der Waals surface area contributed by atoms with E-state index >= 15 is 0 Å². The second kappa shape index (κ2) is 5.32. The van der Waals surface area contributed by atoms with E-state index < -0.39 is 10.9 Å². The second-order valence-corrected chi connectivity index (χ2v) is 3.45. The van der Waals surface area contributed by atoms with Gasteiger partial charge < -0.3 is 9.90 Å². The van der Waals surface area contributed by atoms with Crippen molar-refractivity contribution < 1.29 is 14.8 Å². The Labute approximate surface area is 89.6 Å². The van der Waals surface area contributed by atoms with Crippen molar-refractivity contribution in [2.45, 2.75) is 4.90 Å².